The fourth-order valence-corrected chi connectivity index (χ4v) is 4.17. The Kier molecular flexibility index (Phi) is 9.19. The standard InChI is InChI=1S/C15H19NO2.C13H15NO2/c1-3-18-15(17)7-5-12-4-6-13-8-9-16(2)11-14(13)10-12;1-14-7-6-11-4-2-10(3-5-13(15)16)8-12(11)9-14/h4-7,10H,3,8-9,11H2,1-2H3;2-5,8H,6-7,9H2,1H3,(H,15,16). The third-order valence-electron chi connectivity index (χ3n) is 5.98. The average molecular weight is 463 g/mol. The van der Waals surface area contributed by atoms with Gasteiger partial charge in [-0.15, -0.1) is 0 Å². The lowest BCUT2D eigenvalue weighted by Crippen LogP contribution is -2.26. The van der Waals surface area contributed by atoms with Crippen LogP contribution in [0.1, 0.15) is 40.3 Å². The van der Waals surface area contributed by atoms with Crippen molar-refractivity contribution in [2.24, 2.45) is 0 Å². The van der Waals surface area contributed by atoms with E-state index in [2.05, 4.69) is 54.2 Å². The van der Waals surface area contributed by atoms with Gasteiger partial charge in [0.15, 0.2) is 0 Å². The smallest absolute Gasteiger partial charge is 0.330 e. The van der Waals surface area contributed by atoms with Crippen molar-refractivity contribution in [2.75, 3.05) is 33.8 Å². The van der Waals surface area contributed by atoms with Crippen molar-refractivity contribution in [1.82, 2.24) is 9.80 Å². The number of benzene rings is 2. The number of rotatable bonds is 5. The predicted molar refractivity (Wildman–Crippen MR) is 135 cm³/mol. The Labute approximate surface area is 202 Å². The molecule has 2 aromatic rings. The zero-order chi connectivity index (χ0) is 24.5. The summed E-state index contributed by atoms with van der Waals surface area (Å²) in [5.74, 6) is -1.19. The van der Waals surface area contributed by atoms with Crippen LogP contribution in [0.15, 0.2) is 48.6 Å². The van der Waals surface area contributed by atoms with Crippen LogP contribution in [0.4, 0.5) is 0 Å². The molecule has 2 aliphatic heterocycles. The highest BCUT2D eigenvalue weighted by molar-refractivity contribution is 5.87. The second-order valence-electron chi connectivity index (χ2n) is 8.79. The molecule has 4 rings (SSSR count). The van der Waals surface area contributed by atoms with E-state index >= 15 is 0 Å². The minimum Gasteiger partial charge on any atom is -0.478 e. The molecule has 0 aliphatic carbocycles. The van der Waals surface area contributed by atoms with Crippen LogP contribution in [0.25, 0.3) is 12.2 Å². The Balaban J connectivity index is 0.000000192. The van der Waals surface area contributed by atoms with E-state index in [1.165, 1.54) is 34.4 Å². The fraction of sp³-hybridized carbons (Fsp3) is 0.357. The lowest BCUT2D eigenvalue weighted by Gasteiger charge is -2.25. The molecule has 0 aromatic heterocycles. The van der Waals surface area contributed by atoms with E-state index in [0.29, 0.717) is 6.61 Å². The molecule has 0 saturated carbocycles. The Hall–Kier alpha value is -3.22. The highest BCUT2D eigenvalue weighted by Crippen LogP contribution is 2.21. The molecular weight excluding hydrogens is 428 g/mol. The van der Waals surface area contributed by atoms with Crippen molar-refractivity contribution in [2.45, 2.75) is 32.9 Å². The quantitative estimate of drug-likeness (QED) is 0.535. The molecular formula is C28H34N2O4. The van der Waals surface area contributed by atoms with E-state index in [4.69, 9.17) is 9.84 Å². The zero-order valence-corrected chi connectivity index (χ0v) is 20.3. The maximum atomic E-state index is 11.2. The van der Waals surface area contributed by atoms with E-state index in [1.807, 2.05) is 12.1 Å². The molecule has 0 unspecified atom stereocenters. The molecule has 1 N–H and O–H groups in total. The number of carboxylic acids is 1. The highest BCUT2D eigenvalue weighted by Gasteiger charge is 2.13. The number of aliphatic carboxylic acids is 1. The lowest BCUT2D eigenvalue weighted by atomic mass is 9.97. The predicted octanol–water partition coefficient (Wildman–Crippen LogP) is 4.02. The summed E-state index contributed by atoms with van der Waals surface area (Å²) < 4.78 is 4.86. The molecule has 0 amide bonds. The first-order chi connectivity index (χ1) is 16.3. The largest absolute Gasteiger partial charge is 0.478 e. The number of ether oxygens (including phenoxy) is 1. The Morgan fingerprint density at radius 2 is 1.35 bits per heavy atom. The molecule has 6 nitrogen and oxygen atoms in total. The van der Waals surface area contributed by atoms with Crippen LogP contribution in [0.3, 0.4) is 0 Å². The minimum absolute atomic E-state index is 0.285. The summed E-state index contributed by atoms with van der Waals surface area (Å²) in [5, 5.41) is 8.56. The van der Waals surface area contributed by atoms with Crippen molar-refractivity contribution < 1.29 is 19.4 Å². The Morgan fingerprint density at radius 3 is 1.82 bits per heavy atom. The highest BCUT2D eigenvalue weighted by atomic mass is 16.5. The van der Waals surface area contributed by atoms with Crippen LogP contribution in [-0.2, 0) is 40.3 Å². The summed E-state index contributed by atoms with van der Waals surface area (Å²) in [6, 6.07) is 12.5. The lowest BCUT2D eigenvalue weighted by molar-refractivity contribution is -0.137. The maximum Gasteiger partial charge on any atom is 0.330 e. The van der Waals surface area contributed by atoms with Crippen LogP contribution in [0.5, 0.6) is 0 Å². The zero-order valence-electron chi connectivity index (χ0n) is 20.3. The summed E-state index contributed by atoms with van der Waals surface area (Å²) in [4.78, 5) is 26.2. The summed E-state index contributed by atoms with van der Waals surface area (Å²) >= 11 is 0. The van der Waals surface area contributed by atoms with E-state index in [9.17, 15) is 9.59 Å². The second-order valence-corrected chi connectivity index (χ2v) is 8.79. The van der Waals surface area contributed by atoms with Gasteiger partial charge in [-0.1, -0.05) is 36.4 Å². The number of esters is 1. The molecule has 180 valence electrons. The second kappa shape index (κ2) is 12.3. The summed E-state index contributed by atoms with van der Waals surface area (Å²) in [6.45, 7) is 6.36. The van der Waals surface area contributed by atoms with Crippen molar-refractivity contribution >= 4 is 24.1 Å². The summed E-state index contributed by atoms with van der Waals surface area (Å²) in [7, 11) is 4.23. The fourth-order valence-electron chi connectivity index (χ4n) is 4.17. The van der Waals surface area contributed by atoms with Crippen LogP contribution in [0.2, 0.25) is 0 Å². The number of fused-ring (bicyclic) bond motifs is 2. The van der Waals surface area contributed by atoms with Gasteiger partial charge in [-0.25, -0.2) is 9.59 Å². The van der Waals surface area contributed by atoms with Crippen LogP contribution < -0.4 is 0 Å². The number of hydrogen-bond donors (Lipinski definition) is 1. The topological polar surface area (TPSA) is 70.1 Å². The SMILES string of the molecule is CCOC(=O)C=Cc1ccc2c(c1)CN(C)CC2.CN1CCc2ccc(C=CC(=O)O)cc2C1. The van der Waals surface area contributed by atoms with Gasteiger partial charge in [0.2, 0.25) is 0 Å². The normalized spacial score (nSPS) is 16.0. The minimum atomic E-state index is -0.908. The third kappa shape index (κ3) is 7.68. The molecule has 34 heavy (non-hydrogen) atoms. The van der Waals surface area contributed by atoms with Gasteiger partial charge >= 0.3 is 11.9 Å². The molecule has 2 aromatic carbocycles. The van der Waals surface area contributed by atoms with Gasteiger partial charge in [-0.2, -0.15) is 0 Å². The van der Waals surface area contributed by atoms with E-state index < -0.39 is 5.97 Å². The number of likely N-dealkylation sites (N-methyl/N-ethyl adjacent to an activating group) is 2. The Bertz CT molecular complexity index is 1070. The first-order valence-electron chi connectivity index (χ1n) is 11.7. The van der Waals surface area contributed by atoms with Gasteiger partial charge in [-0.3, -0.25) is 0 Å². The van der Waals surface area contributed by atoms with E-state index in [1.54, 1.807) is 13.0 Å². The molecule has 2 aliphatic rings. The van der Waals surface area contributed by atoms with Gasteiger partial charge in [0.1, 0.15) is 0 Å². The maximum absolute atomic E-state index is 11.2. The molecule has 0 atom stereocenters. The monoisotopic (exact) mass is 462 g/mol. The van der Waals surface area contributed by atoms with Crippen molar-refractivity contribution in [1.29, 1.82) is 0 Å². The molecule has 6 heteroatoms. The number of nitrogens with zero attached hydrogens (tertiary/aromatic N) is 2. The first-order valence-corrected chi connectivity index (χ1v) is 11.7. The van der Waals surface area contributed by atoms with Gasteiger partial charge < -0.3 is 19.6 Å². The molecule has 0 bridgehead atoms. The molecule has 0 radical (unpaired) electrons. The van der Waals surface area contributed by atoms with Crippen LogP contribution >= 0.6 is 0 Å². The number of carbonyl (C=O) groups is 2. The number of carbonyl (C=O) groups excluding carboxylic acids is 1. The van der Waals surface area contributed by atoms with Crippen molar-refractivity contribution in [3.05, 3.63) is 81.9 Å². The van der Waals surface area contributed by atoms with Gasteiger partial charge in [0, 0.05) is 38.3 Å². The summed E-state index contributed by atoms with van der Waals surface area (Å²) in [6.07, 6.45) is 8.29. The average Bonchev–Trinajstić information content (AvgIpc) is 2.81. The molecule has 0 fully saturated rings. The third-order valence-corrected chi connectivity index (χ3v) is 5.98. The van der Waals surface area contributed by atoms with E-state index in [0.717, 1.165) is 50.1 Å². The summed E-state index contributed by atoms with van der Waals surface area (Å²) in [5.41, 5.74) is 7.47. The van der Waals surface area contributed by atoms with Gasteiger partial charge in [-0.05, 0) is 79.4 Å². The molecule has 2 heterocycles. The first kappa shape index (κ1) is 25.4. The van der Waals surface area contributed by atoms with E-state index in [-0.39, 0.29) is 5.97 Å². The van der Waals surface area contributed by atoms with Gasteiger partial charge in [0.25, 0.3) is 0 Å². The number of hydrogen-bond acceptors (Lipinski definition) is 5. The van der Waals surface area contributed by atoms with Crippen molar-refractivity contribution in [3.63, 3.8) is 0 Å². The van der Waals surface area contributed by atoms with Crippen LogP contribution in [0, 0.1) is 0 Å². The number of carboxylic acid groups (broad SMARTS) is 1. The van der Waals surface area contributed by atoms with Crippen LogP contribution in [-0.4, -0.2) is 60.6 Å². The Morgan fingerprint density at radius 1 is 0.853 bits per heavy atom. The molecule has 0 spiro atoms. The molecule has 0 saturated heterocycles. The van der Waals surface area contributed by atoms with Crippen molar-refractivity contribution in [3.8, 4) is 0 Å². The van der Waals surface area contributed by atoms with Gasteiger partial charge in [0.05, 0.1) is 6.61 Å².